The van der Waals surface area contributed by atoms with Crippen molar-refractivity contribution < 1.29 is 29.3 Å². The molecule has 1 aromatic carbocycles. The van der Waals surface area contributed by atoms with Gasteiger partial charge in [-0.25, -0.2) is 4.79 Å². The van der Waals surface area contributed by atoms with Crippen molar-refractivity contribution in [1.29, 1.82) is 0 Å². The van der Waals surface area contributed by atoms with Crippen LogP contribution in [-0.4, -0.2) is 41.5 Å². The Morgan fingerprint density at radius 3 is 2.14 bits per heavy atom. The maximum atomic E-state index is 11.5. The first-order valence-corrected chi connectivity index (χ1v) is 6.78. The Morgan fingerprint density at radius 1 is 1.05 bits per heavy atom. The monoisotopic (exact) mass is 296 g/mol. The summed E-state index contributed by atoms with van der Waals surface area (Å²) in [7, 11) is 0. The zero-order valence-corrected chi connectivity index (χ0v) is 12.1. The highest BCUT2D eigenvalue weighted by Gasteiger charge is 2.22. The molecule has 0 bridgehead atoms. The molecule has 0 amide bonds. The van der Waals surface area contributed by atoms with E-state index in [1.807, 2.05) is 0 Å². The molecule has 0 fully saturated rings. The van der Waals surface area contributed by atoms with E-state index >= 15 is 0 Å². The molecule has 0 aliphatic heterocycles. The van der Waals surface area contributed by atoms with E-state index < -0.39 is 24.1 Å². The fraction of sp³-hybridized carbons (Fsp3) is 0.467. The van der Waals surface area contributed by atoms with Crippen molar-refractivity contribution in [2.45, 2.75) is 32.5 Å². The lowest BCUT2D eigenvalue weighted by molar-refractivity contribution is -0.147. The van der Waals surface area contributed by atoms with Crippen molar-refractivity contribution in [3.63, 3.8) is 0 Å². The van der Waals surface area contributed by atoms with Gasteiger partial charge in [0.15, 0.2) is 0 Å². The molecule has 2 N–H and O–H groups in total. The van der Waals surface area contributed by atoms with Gasteiger partial charge in [-0.05, 0) is 31.5 Å². The predicted molar refractivity (Wildman–Crippen MR) is 74.6 cm³/mol. The molecule has 0 aliphatic rings. The molecule has 0 aliphatic carbocycles. The highest BCUT2D eigenvalue weighted by atomic mass is 16.5. The summed E-state index contributed by atoms with van der Waals surface area (Å²) in [4.78, 5) is 22.7. The highest BCUT2D eigenvalue weighted by molar-refractivity contribution is 5.89. The van der Waals surface area contributed by atoms with Gasteiger partial charge in [-0.2, -0.15) is 0 Å². The first-order chi connectivity index (χ1) is 9.99. The number of hydrogen-bond donors (Lipinski definition) is 2. The molecule has 116 valence electrons. The molecular formula is C15H20O6. The number of hydrogen-bond acceptors (Lipinski definition) is 6. The van der Waals surface area contributed by atoms with E-state index in [-0.39, 0.29) is 19.6 Å². The summed E-state index contributed by atoms with van der Waals surface area (Å²) < 4.78 is 9.55. The van der Waals surface area contributed by atoms with Gasteiger partial charge in [-0.3, -0.25) is 4.79 Å². The molecule has 21 heavy (non-hydrogen) atoms. The Morgan fingerprint density at radius 2 is 1.62 bits per heavy atom. The second-order valence-corrected chi connectivity index (χ2v) is 4.36. The van der Waals surface area contributed by atoms with Gasteiger partial charge >= 0.3 is 11.9 Å². The molecule has 0 aromatic heterocycles. The Kier molecular flexibility index (Phi) is 6.84. The molecule has 1 rings (SSSR count). The number of carbonyl (C=O) groups excluding carboxylic acids is 2. The first kappa shape index (κ1) is 17.1. The lowest BCUT2D eigenvalue weighted by atomic mass is 10.0. The van der Waals surface area contributed by atoms with Crippen LogP contribution in [0.1, 0.15) is 42.3 Å². The smallest absolute Gasteiger partial charge is 0.338 e. The van der Waals surface area contributed by atoms with Crippen LogP contribution < -0.4 is 0 Å². The van der Waals surface area contributed by atoms with Crippen molar-refractivity contribution in [1.82, 2.24) is 0 Å². The van der Waals surface area contributed by atoms with Crippen LogP contribution in [0, 0.1) is 0 Å². The minimum Gasteiger partial charge on any atom is -0.466 e. The lowest BCUT2D eigenvalue weighted by Gasteiger charge is -2.17. The fourth-order valence-corrected chi connectivity index (χ4v) is 1.76. The molecule has 1 aromatic rings. The van der Waals surface area contributed by atoms with Crippen LogP contribution in [0.3, 0.4) is 0 Å². The molecule has 2 unspecified atom stereocenters. The Bertz CT molecular complexity index is 468. The Hall–Kier alpha value is -1.92. The summed E-state index contributed by atoms with van der Waals surface area (Å²) in [6, 6.07) is 6.00. The lowest BCUT2D eigenvalue weighted by Crippen LogP contribution is -2.23. The summed E-state index contributed by atoms with van der Waals surface area (Å²) >= 11 is 0. The van der Waals surface area contributed by atoms with E-state index in [1.54, 1.807) is 13.8 Å². The third-order valence-electron chi connectivity index (χ3n) is 2.81. The van der Waals surface area contributed by atoms with Gasteiger partial charge < -0.3 is 19.7 Å². The molecule has 6 heteroatoms. The molecule has 0 saturated heterocycles. The molecule has 6 nitrogen and oxygen atoms in total. The van der Waals surface area contributed by atoms with Crippen LogP contribution in [0.15, 0.2) is 24.3 Å². The van der Waals surface area contributed by atoms with Crippen molar-refractivity contribution in [2.75, 3.05) is 13.2 Å². The zero-order valence-electron chi connectivity index (χ0n) is 12.1. The maximum Gasteiger partial charge on any atom is 0.338 e. The Balaban J connectivity index is 2.68. The van der Waals surface area contributed by atoms with E-state index in [4.69, 9.17) is 9.47 Å². The molecule has 2 atom stereocenters. The van der Waals surface area contributed by atoms with Crippen LogP contribution in [-0.2, 0) is 14.3 Å². The van der Waals surface area contributed by atoms with Crippen molar-refractivity contribution in [3.05, 3.63) is 35.4 Å². The number of aliphatic hydroxyl groups is 2. The van der Waals surface area contributed by atoms with Gasteiger partial charge in [0, 0.05) is 0 Å². The molecule has 0 saturated carbocycles. The molecular weight excluding hydrogens is 276 g/mol. The van der Waals surface area contributed by atoms with Crippen LogP contribution in [0.5, 0.6) is 0 Å². The van der Waals surface area contributed by atoms with Crippen LogP contribution in [0.25, 0.3) is 0 Å². The van der Waals surface area contributed by atoms with Gasteiger partial charge in [0.2, 0.25) is 0 Å². The van der Waals surface area contributed by atoms with Crippen molar-refractivity contribution in [3.8, 4) is 0 Å². The summed E-state index contributed by atoms with van der Waals surface area (Å²) in [6.45, 7) is 3.87. The molecule has 0 radical (unpaired) electrons. The van der Waals surface area contributed by atoms with Crippen LogP contribution in [0.2, 0.25) is 0 Å². The second-order valence-electron chi connectivity index (χ2n) is 4.36. The van der Waals surface area contributed by atoms with E-state index in [0.29, 0.717) is 11.1 Å². The van der Waals surface area contributed by atoms with Crippen molar-refractivity contribution >= 4 is 11.9 Å². The van der Waals surface area contributed by atoms with E-state index in [1.165, 1.54) is 24.3 Å². The predicted octanol–water partition coefficient (Wildman–Crippen LogP) is 1.21. The van der Waals surface area contributed by atoms with Gasteiger partial charge in [0.25, 0.3) is 0 Å². The normalized spacial score (nSPS) is 13.3. The van der Waals surface area contributed by atoms with Crippen LogP contribution >= 0.6 is 0 Å². The topological polar surface area (TPSA) is 93.1 Å². The fourth-order valence-electron chi connectivity index (χ4n) is 1.76. The van der Waals surface area contributed by atoms with E-state index in [9.17, 15) is 19.8 Å². The van der Waals surface area contributed by atoms with Gasteiger partial charge in [-0.1, -0.05) is 12.1 Å². The maximum absolute atomic E-state index is 11.5. The van der Waals surface area contributed by atoms with Gasteiger partial charge in [0.1, 0.15) is 6.10 Å². The van der Waals surface area contributed by atoms with E-state index in [0.717, 1.165) is 0 Å². The number of rotatable bonds is 7. The molecule has 0 heterocycles. The Labute approximate surface area is 123 Å². The standard InChI is InChI=1S/C15H20O6/c1-3-20-13(17)9-12(16)14(18)10-5-7-11(8-6-10)15(19)21-4-2/h5-8,12,14,16,18H,3-4,9H2,1-2H3. The minimum atomic E-state index is -1.27. The summed E-state index contributed by atoms with van der Waals surface area (Å²) in [5.41, 5.74) is 0.757. The number of esters is 2. The van der Waals surface area contributed by atoms with Gasteiger partial charge in [0.05, 0.1) is 31.3 Å². The number of aliphatic hydroxyl groups excluding tert-OH is 2. The van der Waals surface area contributed by atoms with Gasteiger partial charge in [-0.15, -0.1) is 0 Å². The largest absolute Gasteiger partial charge is 0.466 e. The number of ether oxygens (including phenoxy) is 2. The second kappa shape index (κ2) is 8.39. The molecule has 0 spiro atoms. The highest BCUT2D eigenvalue weighted by Crippen LogP contribution is 2.20. The average molecular weight is 296 g/mol. The third kappa shape index (κ3) is 5.17. The van der Waals surface area contributed by atoms with Crippen LogP contribution in [0.4, 0.5) is 0 Å². The third-order valence-corrected chi connectivity index (χ3v) is 2.81. The minimum absolute atomic E-state index is 0.218. The summed E-state index contributed by atoms with van der Waals surface area (Å²) in [5.74, 6) is -1.03. The number of benzene rings is 1. The average Bonchev–Trinajstić information content (AvgIpc) is 2.47. The summed E-state index contributed by atoms with van der Waals surface area (Å²) in [6.07, 6.45) is -2.79. The van der Waals surface area contributed by atoms with Crippen molar-refractivity contribution in [2.24, 2.45) is 0 Å². The SMILES string of the molecule is CCOC(=O)CC(O)C(O)c1ccc(C(=O)OCC)cc1. The summed E-state index contributed by atoms with van der Waals surface area (Å²) in [5, 5.41) is 19.8. The first-order valence-electron chi connectivity index (χ1n) is 6.78. The quantitative estimate of drug-likeness (QED) is 0.735. The number of carbonyl (C=O) groups is 2. The van der Waals surface area contributed by atoms with E-state index in [2.05, 4.69) is 0 Å². The zero-order chi connectivity index (χ0) is 15.8.